The predicted molar refractivity (Wildman–Crippen MR) is 148 cm³/mol. The van der Waals surface area contributed by atoms with Gasteiger partial charge < -0.3 is 13.9 Å². The molecule has 0 aliphatic heterocycles. The summed E-state index contributed by atoms with van der Waals surface area (Å²) in [6.07, 6.45) is 2.30. The number of methoxy groups -OCH3 is 1. The summed E-state index contributed by atoms with van der Waals surface area (Å²) >= 11 is 12.7. The van der Waals surface area contributed by atoms with Crippen molar-refractivity contribution in [1.82, 2.24) is 9.66 Å². The summed E-state index contributed by atoms with van der Waals surface area (Å²) in [7, 11) is 1.54. The number of furan rings is 1. The largest absolute Gasteiger partial charge is 0.493 e. The second-order valence-electron chi connectivity index (χ2n) is 8.48. The molecule has 0 saturated heterocycles. The van der Waals surface area contributed by atoms with Crippen LogP contribution in [0.1, 0.15) is 25.8 Å². The Hall–Kier alpha value is -3.81. The molecule has 5 aromatic rings. The number of para-hydroxylation sites is 1. The minimum Gasteiger partial charge on any atom is -0.493 e. The van der Waals surface area contributed by atoms with Gasteiger partial charge in [-0.1, -0.05) is 42.3 Å². The van der Waals surface area contributed by atoms with Crippen LogP contribution in [0.25, 0.3) is 33.5 Å². The Morgan fingerprint density at radius 1 is 1.14 bits per heavy atom. The molecule has 5 rings (SSSR count). The number of nitrogens with zero attached hydrogens (tertiary/aromatic N) is 3. The number of fused-ring (bicyclic) bond motifs is 2. The molecule has 7 nitrogen and oxygen atoms in total. The topological polar surface area (TPSA) is 78.9 Å². The van der Waals surface area contributed by atoms with E-state index in [9.17, 15) is 4.79 Å². The number of aromatic nitrogens is 2. The van der Waals surface area contributed by atoms with Crippen LogP contribution in [0.3, 0.4) is 0 Å². The van der Waals surface area contributed by atoms with Gasteiger partial charge in [-0.25, -0.2) is 4.98 Å². The van der Waals surface area contributed by atoms with Gasteiger partial charge in [-0.05, 0) is 67.4 Å². The van der Waals surface area contributed by atoms with Crippen LogP contribution in [-0.2, 0) is 0 Å². The Bertz CT molecular complexity index is 1710. The average molecular weight is 536 g/mol. The van der Waals surface area contributed by atoms with Gasteiger partial charge in [0.15, 0.2) is 17.3 Å². The van der Waals surface area contributed by atoms with E-state index >= 15 is 0 Å². The second kappa shape index (κ2) is 10.3. The van der Waals surface area contributed by atoms with E-state index in [2.05, 4.69) is 5.10 Å². The fourth-order valence-electron chi connectivity index (χ4n) is 3.85. The molecule has 0 amide bonds. The van der Waals surface area contributed by atoms with E-state index in [1.807, 2.05) is 19.9 Å². The highest BCUT2D eigenvalue weighted by molar-refractivity contribution is 6.32. The van der Waals surface area contributed by atoms with E-state index < -0.39 is 0 Å². The molecule has 0 radical (unpaired) electrons. The lowest BCUT2D eigenvalue weighted by Gasteiger charge is -2.17. The summed E-state index contributed by atoms with van der Waals surface area (Å²) < 4.78 is 18.7. The highest BCUT2D eigenvalue weighted by Crippen LogP contribution is 2.37. The number of ether oxygens (including phenoxy) is 2. The molecule has 0 bridgehead atoms. The van der Waals surface area contributed by atoms with Crippen molar-refractivity contribution in [1.29, 1.82) is 0 Å². The quantitative estimate of drug-likeness (QED) is 0.206. The van der Waals surface area contributed by atoms with Crippen molar-refractivity contribution in [2.75, 3.05) is 7.11 Å². The first-order chi connectivity index (χ1) is 17.9. The molecule has 3 aromatic carbocycles. The molecule has 0 unspecified atom stereocenters. The summed E-state index contributed by atoms with van der Waals surface area (Å²) in [5, 5.41) is 6.65. The Kier molecular flexibility index (Phi) is 6.91. The first kappa shape index (κ1) is 24.9. The normalized spacial score (nSPS) is 12.5. The zero-order valence-electron chi connectivity index (χ0n) is 20.4. The van der Waals surface area contributed by atoms with Gasteiger partial charge in [0.05, 0.1) is 35.4 Å². The van der Waals surface area contributed by atoms with Crippen LogP contribution in [0.2, 0.25) is 10.0 Å². The Morgan fingerprint density at radius 3 is 2.73 bits per heavy atom. The third-order valence-corrected chi connectivity index (χ3v) is 6.44. The van der Waals surface area contributed by atoms with Crippen LogP contribution in [0.15, 0.2) is 75.0 Å². The lowest BCUT2D eigenvalue weighted by Crippen LogP contribution is -2.20. The van der Waals surface area contributed by atoms with Crippen molar-refractivity contribution in [3.8, 4) is 23.1 Å². The van der Waals surface area contributed by atoms with Crippen LogP contribution in [-0.4, -0.2) is 29.1 Å². The molecule has 2 aromatic heterocycles. The fourth-order valence-corrected chi connectivity index (χ4v) is 4.30. The minimum absolute atomic E-state index is 0.0329. The number of benzene rings is 3. The summed E-state index contributed by atoms with van der Waals surface area (Å²) in [5.41, 5.74) is 1.42. The third kappa shape index (κ3) is 4.92. The van der Waals surface area contributed by atoms with E-state index in [1.165, 1.54) is 10.9 Å². The molecular formula is C28H23Cl2N3O4. The second-order valence-corrected chi connectivity index (χ2v) is 9.32. The zero-order valence-corrected chi connectivity index (χ0v) is 21.9. The van der Waals surface area contributed by atoms with Crippen LogP contribution in [0.5, 0.6) is 11.5 Å². The van der Waals surface area contributed by atoms with Gasteiger partial charge in [0, 0.05) is 10.4 Å². The number of hydrogen-bond acceptors (Lipinski definition) is 6. The van der Waals surface area contributed by atoms with Gasteiger partial charge in [-0.2, -0.15) is 9.78 Å². The van der Waals surface area contributed by atoms with Gasteiger partial charge in [-0.3, -0.25) is 4.79 Å². The fraction of sp³-hybridized carbons (Fsp3) is 0.179. The van der Waals surface area contributed by atoms with Crippen LogP contribution >= 0.6 is 23.2 Å². The molecule has 1 atom stereocenters. The maximum atomic E-state index is 13.5. The van der Waals surface area contributed by atoms with E-state index in [0.717, 1.165) is 11.8 Å². The molecule has 0 aliphatic carbocycles. The minimum atomic E-state index is -0.342. The first-order valence-corrected chi connectivity index (χ1v) is 12.4. The van der Waals surface area contributed by atoms with Crippen molar-refractivity contribution in [2.45, 2.75) is 26.4 Å². The SMILES string of the molecule is CC[C@H](C)Oc1c(Cl)cc(C=Nn2c(-c3cc4cc(Cl)ccc4o3)nc3ccccc3c2=O)cc1OC. The molecule has 0 fully saturated rings. The smallest absolute Gasteiger partial charge is 0.282 e. The van der Waals surface area contributed by atoms with Crippen molar-refractivity contribution in [2.24, 2.45) is 5.10 Å². The lowest BCUT2D eigenvalue weighted by molar-refractivity contribution is 0.208. The Labute approximate surface area is 222 Å². The molecule has 0 spiro atoms. The Balaban J connectivity index is 1.64. The number of hydrogen-bond donors (Lipinski definition) is 0. The first-order valence-electron chi connectivity index (χ1n) is 11.7. The Morgan fingerprint density at radius 2 is 1.95 bits per heavy atom. The van der Waals surface area contributed by atoms with E-state index in [-0.39, 0.29) is 17.5 Å². The molecular weight excluding hydrogens is 513 g/mol. The maximum absolute atomic E-state index is 13.5. The predicted octanol–water partition coefficient (Wildman–Crippen LogP) is 7.18. The lowest BCUT2D eigenvalue weighted by atomic mass is 10.2. The molecule has 9 heteroatoms. The highest BCUT2D eigenvalue weighted by Gasteiger charge is 2.18. The van der Waals surface area contributed by atoms with Crippen LogP contribution in [0, 0.1) is 0 Å². The maximum Gasteiger partial charge on any atom is 0.282 e. The zero-order chi connectivity index (χ0) is 26.1. The van der Waals surface area contributed by atoms with Gasteiger partial charge in [0.25, 0.3) is 5.56 Å². The van der Waals surface area contributed by atoms with Gasteiger partial charge in [0.1, 0.15) is 5.58 Å². The summed E-state index contributed by atoms with van der Waals surface area (Å²) in [6.45, 7) is 3.98. The highest BCUT2D eigenvalue weighted by atomic mass is 35.5. The number of halogens is 2. The standard InChI is InChI=1S/C28H23Cl2N3O4/c1-4-16(2)36-26-21(30)11-17(12-24(26)35-3)15-31-33-27(32-22-8-6-5-7-20(22)28(33)34)25-14-18-13-19(29)9-10-23(18)37-25/h5-16H,4H2,1-3H3/t16-/m0/s1. The van der Waals surface area contributed by atoms with Crippen molar-refractivity contribution in [3.05, 3.63) is 86.6 Å². The van der Waals surface area contributed by atoms with Crippen LogP contribution < -0.4 is 15.0 Å². The molecule has 37 heavy (non-hydrogen) atoms. The van der Waals surface area contributed by atoms with Gasteiger partial charge in [0.2, 0.25) is 5.82 Å². The molecule has 0 N–H and O–H groups in total. The molecule has 0 saturated carbocycles. The van der Waals surface area contributed by atoms with Crippen LogP contribution in [0.4, 0.5) is 0 Å². The van der Waals surface area contributed by atoms with Crippen molar-refractivity contribution in [3.63, 3.8) is 0 Å². The van der Waals surface area contributed by atoms with Gasteiger partial charge >= 0.3 is 0 Å². The third-order valence-electron chi connectivity index (χ3n) is 5.92. The van der Waals surface area contributed by atoms with Crippen molar-refractivity contribution >= 4 is 51.3 Å². The van der Waals surface area contributed by atoms with E-state index in [1.54, 1.807) is 61.7 Å². The molecule has 0 aliphatic rings. The molecule has 2 heterocycles. The number of rotatable bonds is 7. The average Bonchev–Trinajstić information content (AvgIpc) is 3.32. The summed E-state index contributed by atoms with van der Waals surface area (Å²) in [4.78, 5) is 18.2. The summed E-state index contributed by atoms with van der Waals surface area (Å²) in [6, 6.07) is 17.6. The summed E-state index contributed by atoms with van der Waals surface area (Å²) in [5.74, 6) is 1.56. The van der Waals surface area contributed by atoms with E-state index in [4.69, 9.17) is 42.1 Å². The monoisotopic (exact) mass is 535 g/mol. The van der Waals surface area contributed by atoms with Crippen molar-refractivity contribution < 1.29 is 13.9 Å². The van der Waals surface area contributed by atoms with E-state index in [0.29, 0.717) is 49.4 Å². The molecule has 188 valence electrons. The van der Waals surface area contributed by atoms with Gasteiger partial charge in [-0.15, -0.1) is 0 Å².